The molecule has 0 radical (unpaired) electrons. The summed E-state index contributed by atoms with van der Waals surface area (Å²) in [4.78, 5) is 0. The van der Waals surface area contributed by atoms with Gasteiger partial charge in [0.05, 0.1) is 32.3 Å². The number of nitrogens with zero attached hydrogens (tertiary/aromatic N) is 1. The second-order valence-corrected chi connectivity index (χ2v) is 4.97. The smallest absolute Gasteiger partial charge is 0.123 e. The van der Waals surface area contributed by atoms with Crippen LogP contribution in [-0.2, 0) is 0 Å². The van der Waals surface area contributed by atoms with Crippen LogP contribution in [0, 0.1) is 11.3 Å². The van der Waals surface area contributed by atoms with Gasteiger partial charge in [0.15, 0.2) is 0 Å². The van der Waals surface area contributed by atoms with Crippen molar-refractivity contribution in [1.29, 1.82) is 5.26 Å². The second-order valence-electron chi connectivity index (χ2n) is 4.97. The number of ether oxygens (including phenoxy) is 3. The lowest BCUT2D eigenvalue weighted by Gasteiger charge is -2.14. The molecule has 1 unspecified atom stereocenters. The van der Waals surface area contributed by atoms with Crippen LogP contribution in [0.25, 0.3) is 0 Å². The molecule has 0 aliphatic carbocycles. The maximum absolute atomic E-state index is 9.43. The zero-order chi connectivity index (χ0) is 16.5. The molecular weight excluding hydrogens is 290 g/mol. The molecule has 2 aromatic carbocycles. The third kappa shape index (κ3) is 4.65. The summed E-state index contributed by atoms with van der Waals surface area (Å²) < 4.78 is 16.5. The van der Waals surface area contributed by atoms with Crippen molar-refractivity contribution in [2.75, 3.05) is 20.3 Å². The molecule has 0 N–H and O–H groups in total. The number of methoxy groups -OCH3 is 1. The van der Waals surface area contributed by atoms with Crippen molar-refractivity contribution >= 4 is 0 Å². The van der Waals surface area contributed by atoms with Gasteiger partial charge in [-0.05, 0) is 25.1 Å². The van der Waals surface area contributed by atoms with Gasteiger partial charge in [0.2, 0.25) is 0 Å². The Hall–Kier alpha value is -2.67. The Morgan fingerprint density at radius 2 is 1.78 bits per heavy atom. The van der Waals surface area contributed by atoms with E-state index in [1.807, 2.05) is 55.5 Å². The molecule has 0 heterocycles. The molecule has 1 atom stereocenters. The van der Waals surface area contributed by atoms with Crippen LogP contribution in [0.15, 0.2) is 48.5 Å². The summed E-state index contributed by atoms with van der Waals surface area (Å²) in [6, 6.07) is 17.4. The number of hydrogen-bond donors (Lipinski definition) is 0. The summed E-state index contributed by atoms with van der Waals surface area (Å²) in [6.07, 6.45) is 0.593. The molecule has 4 heteroatoms. The third-order valence-corrected chi connectivity index (χ3v) is 3.46. The average molecular weight is 311 g/mol. The summed E-state index contributed by atoms with van der Waals surface area (Å²) in [7, 11) is 1.61. The van der Waals surface area contributed by atoms with Gasteiger partial charge in [0, 0.05) is 18.1 Å². The van der Waals surface area contributed by atoms with Crippen molar-refractivity contribution in [2.45, 2.75) is 19.3 Å². The molecule has 0 fully saturated rings. The minimum Gasteiger partial charge on any atom is -0.496 e. The predicted molar refractivity (Wildman–Crippen MR) is 89.1 cm³/mol. The molecule has 0 saturated heterocycles. The van der Waals surface area contributed by atoms with Crippen molar-refractivity contribution in [2.24, 2.45) is 0 Å². The van der Waals surface area contributed by atoms with Gasteiger partial charge in [0.25, 0.3) is 0 Å². The van der Waals surface area contributed by atoms with Crippen LogP contribution in [-0.4, -0.2) is 20.3 Å². The molecule has 0 aliphatic rings. The van der Waals surface area contributed by atoms with Crippen molar-refractivity contribution in [3.8, 4) is 23.3 Å². The summed E-state index contributed by atoms with van der Waals surface area (Å²) >= 11 is 0. The van der Waals surface area contributed by atoms with Crippen molar-refractivity contribution in [3.05, 3.63) is 54.1 Å². The molecular formula is C19H21NO3. The molecule has 0 bridgehead atoms. The number of rotatable bonds is 8. The maximum atomic E-state index is 9.43. The summed E-state index contributed by atoms with van der Waals surface area (Å²) in [5.41, 5.74) is 0.893. The number of nitriles is 1. The standard InChI is InChI=1S/C19H21NO3/c1-3-22-16-7-6-8-17(13-16)23-12-11-15(14-20)18-9-4-5-10-19(18)21-2/h4-10,13,15H,3,11-12H2,1-2H3. The second kappa shape index (κ2) is 8.70. The molecule has 0 amide bonds. The average Bonchev–Trinajstić information content (AvgIpc) is 2.59. The van der Waals surface area contributed by atoms with Crippen LogP contribution in [0.5, 0.6) is 17.2 Å². The van der Waals surface area contributed by atoms with Crippen LogP contribution < -0.4 is 14.2 Å². The largest absolute Gasteiger partial charge is 0.496 e. The lowest BCUT2D eigenvalue weighted by Crippen LogP contribution is -2.06. The molecule has 120 valence electrons. The van der Waals surface area contributed by atoms with Crippen molar-refractivity contribution in [1.82, 2.24) is 0 Å². The van der Waals surface area contributed by atoms with E-state index in [1.54, 1.807) is 7.11 Å². The highest BCUT2D eigenvalue weighted by Gasteiger charge is 2.15. The maximum Gasteiger partial charge on any atom is 0.123 e. The lowest BCUT2D eigenvalue weighted by atomic mass is 9.97. The van der Waals surface area contributed by atoms with Crippen molar-refractivity contribution in [3.63, 3.8) is 0 Å². The van der Waals surface area contributed by atoms with E-state index in [2.05, 4.69) is 6.07 Å². The summed E-state index contributed by atoms with van der Waals surface area (Å²) in [5, 5.41) is 9.43. The minimum atomic E-state index is -0.263. The van der Waals surface area contributed by atoms with E-state index in [1.165, 1.54) is 0 Å². The normalized spacial score (nSPS) is 11.3. The highest BCUT2D eigenvalue weighted by Crippen LogP contribution is 2.28. The van der Waals surface area contributed by atoms with Crippen LogP contribution in [0.4, 0.5) is 0 Å². The molecule has 2 aromatic rings. The van der Waals surface area contributed by atoms with E-state index in [9.17, 15) is 5.26 Å². The zero-order valence-corrected chi connectivity index (χ0v) is 13.5. The molecule has 0 aliphatic heterocycles. The zero-order valence-electron chi connectivity index (χ0n) is 13.5. The first-order valence-corrected chi connectivity index (χ1v) is 7.66. The number of benzene rings is 2. The SMILES string of the molecule is CCOc1cccc(OCCC(C#N)c2ccccc2OC)c1. The van der Waals surface area contributed by atoms with Gasteiger partial charge < -0.3 is 14.2 Å². The molecule has 0 aromatic heterocycles. The van der Waals surface area contributed by atoms with Crippen LogP contribution >= 0.6 is 0 Å². The van der Waals surface area contributed by atoms with E-state index in [-0.39, 0.29) is 5.92 Å². The third-order valence-electron chi connectivity index (χ3n) is 3.46. The first kappa shape index (κ1) is 16.7. The fourth-order valence-electron chi connectivity index (χ4n) is 2.36. The lowest BCUT2D eigenvalue weighted by molar-refractivity contribution is 0.298. The Balaban J connectivity index is 1.96. The van der Waals surface area contributed by atoms with Crippen molar-refractivity contribution < 1.29 is 14.2 Å². The Bertz CT molecular complexity index is 664. The Kier molecular flexibility index (Phi) is 6.31. The topological polar surface area (TPSA) is 51.5 Å². The summed E-state index contributed by atoms with van der Waals surface area (Å²) in [6.45, 7) is 3.01. The van der Waals surface area contributed by atoms with Gasteiger partial charge >= 0.3 is 0 Å². The molecule has 4 nitrogen and oxygen atoms in total. The molecule has 0 saturated carbocycles. The van der Waals surface area contributed by atoms with Crippen LogP contribution in [0.2, 0.25) is 0 Å². The van der Waals surface area contributed by atoms with Gasteiger partial charge in [-0.3, -0.25) is 0 Å². The quantitative estimate of drug-likeness (QED) is 0.734. The number of hydrogen-bond acceptors (Lipinski definition) is 4. The predicted octanol–water partition coefficient (Wildman–Crippen LogP) is 4.17. The minimum absolute atomic E-state index is 0.263. The van der Waals surface area contributed by atoms with Crippen LogP contribution in [0.3, 0.4) is 0 Å². The molecule has 0 spiro atoms. The van der Waals surface area contributed by atoms with Gasteiger partial charge in [-0.2, -0.15) is 5.26 Å². The Morgan fingerprint density at radius 3 is 2.48 bits per heavy atom. The van der Waals surface area contributed by atoms with E-state index < -0.39 is 0 Å². The Morgan fingerprint density at radius 1 is 1.04 bits per heavy atom. The van der Waals surface area contributed by atoms with E-state index in [0.717, 1.165) is 22.8 Å². The fraction of sp³-hybridized carbons (Fsp3) is 0.316. The molecule has 2 rings (SSSR count). The first-order chi connectivity index (χ1) is 11.3. The van der Waals surface area contributed by atoms with E-state index >= 15 is 0 Å². The Labute approximate surface area is 137 Å². The fourth-order valence-corrected chi connectivity index (χ4v) is 2.36. The van der Waals surface area contributed by atoms with Gasteiger partial charge in [0.1, 0.15) is 17.2 Å². The van der Waals surface area contributed by atoms with E-state index in [4.69, 9.17) is 14.2 Å². The summed E-state index contributed by atoms with van der Waals surface area (Å²) in [5.74, 6) is 2.00. The van der Waals surface area contributed by atoms with Gasteiger partial charge in [-0.1, -0.05) is 24.3 Å². The van der Waals surface area contributed by atoms with Gasteiger partial charge in [-0.25, -0.2) is 0 Å². The van der Waals surface area contributed by atoms with Crippen LogP contribution in [0.1, 0.15) is 24.8 Å². The first-order valence-electron chi connectivity index (χ1n) is 7.66. The monoisotopic (exact) mass is 311 g/mol. The van der Waals surface area contributed by atoms with Gasteiger partial charge in [-0.15, -0.1) is 0 Å². The highest BCUT2D eigenvalue weighted by atomic mass is 16.5. The molecule has 23 heavy (non-hydrogen) atoms. The van der Waals surface area contributed by atoms with E-state index in [0.29, 0.717) is 19.6 Å². The highest BCUT2D eigenvalue weighted by molar-refractivity contribution is 5.39. The number of para-hydroxylation sites is 1.